The molecule has 0 saturated heterocycles. The van der Waals surface area contributed by atoms with Crippen molar-refractivity contribution in [1.82, 2.24) is 10.3 Å². The van der Waals surface area contributed by atoms with Gasteiger partial charge in [0.1, 0.15) is 0 Å². The van der Waals surface area contributed by atoms with Gasteiger partial charge < -0.3 is 0 Å². The van der Waals surface area contributed by atoms with Crippen LogP contribution >= 0.6 is 0 Å². The largest absolute Gasteiger partial charge is 0.401 e. The summed E-state index contributed by atoms with van der Waals surface area (Å²) in [6.07, 6.45) is -4.30. The highest BCUT2D eigenvalue weighted by molar-refractivity contribution is 5.75. The van der Waals surface area contributed by atoms with Crippen molar-refractivity contribution in [3.63, 3.8) is 0 Å². The molecule has 1 atom stereocenters. The predicted molar refractivity (Wildman–Crippen MR) is 45.1 cm³/mol. The maximum atomic E-state index is 11.9. The van der Waals surface area contributed by atoms with Crippen LogP contribution in [0.15, 0.2) is 0 Å². The Morgan fingerprint density at radius 1 is 1.57 bits per heavy atom. The van der Waals surface area contributed by atoms with Crippen LogP contribution in [-0.2, 0) is 4.79 Å². The highest BCUT2D eigenvalue weighted by atomic mass is 19.4. The fourth-order valence-corrected chi connectivity index (χ4v) is 0.922. The predicted octanol–water partition coefficient (Wildman–Crippen LogP) is 0.249. The minimum absolute atomic E-state index is 0.0525. The first-order chi connectivity index (χ1) is 6.26. The van der Waals surface area contributed by atoms with Gasteiger partial charge in [-0.3, -0.25) is 15.1 Å². The number of rotatable bonds is 4. The summed E-state index contributed by atoms with van der Waals surface area (Å²) < 4.78 is 35.8. The molecule has 1 amide bonds. The zero-order chi connectivity index (χ0) is 11.4. The van der Waals surface area contributed by atoms with E-state index in [0.717, 1.165) is 4.90 Å². The van der Waals surface area contributed by atoms with Gasteiger partial charge in [-0.15, -0.1) is 0 Å². The smallest absolute Gasteiger partial charge is 0.295 e. The molecular formula is C7H14F3N3O. The fraction of sp³-hybridized carbons (Fsp3) is 0.857. The Balaban J connectivity index is 3.99. The number of nitrogens with one attached hydrogen (secondary N) is 1. The summed E-state index contributed by atoms with van der Waals surface area (Å²) in [5.74, 6) is 4.33. The molecule has 0 fully saturated rings. The second-order valence-electron chi connectivity index (χ2n) is 3.15. The van der Waals surface area contributed by atoms with E-state index < -0.39 is 24.7 Å². The first-order valence-corrected chi connectivity index (χ1v) is 4.02. The lowest BCUT2D eigenvalue weighted by atomic mass is 10.2. The van der Waals surface area contributed by atoms with E-state index in [9.17, 15) is 18.0 Å². The third kappa shape index (κ3) is 5.76. The number of amides is 1. The Labute approximate surface area is 80.2 Å². The summed E-state index contributed by atoms with van der Waals surface area (Å²) in [4.78, 5) is 11.8. The molecule has 0 aromatic carbocycles. The molecule has 0 aliphatic heterocycles. The van der Waals surface area contributed by atoms with E-state index in [-0.39, 0.29) is 6.42 Å². The van der Waals surface area contributed by atoms with Gasteiger partial charge >= 0.3 is 6.18 Å². The second kappa shape index (κ2) is 5.16. The maximum absolute atomic E-state index is 11.9. The van der Waals surface area contributed by atoms with Crippen molar-refractivity contribution in [2.45, 2.75) is 25.6 Å². The molecule has 0 radical (unpaired) electrons. The topological polar surface area (TPSA) is 58.4 Å². The van der Waals surface area contributed by atoms with Crippen LogP contribution in [0.4, 0.5) is 13.2 Å². The first kappa shape index (κ1) is 13.2. The molecule has 1 unspecified atom stereocenters. The number of alkyl halides is 3. The summed E-state index contributed by atoms with van der Waals surface area (Å²) in [6.45, 7) is 0.493. The normalized spacial score (nSPS) is 14.2. The molecule has 0 aromatic rings. The molecule has 0 bridgehead atoms. The van der Waals surface area contributed by atoms with Crippen molar-refractivity contribution in [1.29, 1.82) is 0 Å². The summed E-state index contributed by atoms with van der Waals surface area (Å²) in [6, 6.07) is -0.500. The summed E-state index contributed by atoms with van der Waals surface area (Å²) in [7, 11) is 1.31. The van der Waals surface area contributed by atoms with Crippen LogP contribution in [0.25, 0.3) is 0 Å². The summed E-state index contributed by atoms with van der Waals surface area (Å²) >= 11 is 0. The van der Waals surface area contributed by atoms with Gasteiger partial charge in [0.15, 0.2) is 0 Å². The molecule has 0 rings (SSSR count). The fourth-order valence-electron chi connectivity index (χ4n) is 0.922. The maximum Gasteiger partial charge on any atom is 0.401 e. The molecule has 0 aromatic heterocycles. The van der Waals surface area contributed by atoms with Crippen molar-refractivity contribution < 1.29 is 18.0 Å². The van der Waals surface area contributed by atoms with E-state index in [2.05, 4.69) is 0 Å². The molecule has 4 nitrogen and oxygen atoms in total. The third-order valence-corrected chi connectivity index (χ3v) is 1.82. The Hall–Kier alpha value is -0.820. The van der Waals surface area contributed by atoms with Crippen LogP contribution in [0.3, 0.4) is 0 Å². The van der Waals surface area contributed by atoms with Gasteiger partial charge in [-0.25, -0.2) is 5.84 Å². The molecule has 0 spiro atoms. The van der Waals surface area contributed by atoms with Gasteiger partial charge in [0.05, 0.1) is 6.54 Å². The molecule has 7 heteroatoms. The average Bonchev–Trinajstić information content (AvgIpc) is 2.00. The number of carbonyl (C=O) groups is 1. The Bertz CT molecular complexity index is 195. The van der Waals surface area contributed by atoms with Gasteiger partial charge in [0, 0.05) is 12.5 Å². The molecular weight excluding hydrogens is 199 g/mol. The second-order valence-corrected chi connectivity index (χ2v) is 3.15. The third-order valence-electron chi connectivity index (χ3n) is 1.82. The molecule has 0 saturated carbocycles. The Kier molecular flexibility index (Phi) is 4.86. The van der Waals surface area contributed by atoms with Gasteiger partial charge in [-0.05, 0) is 14.0 Å². The van der Waals surface area contributed by atoms with Gasteiger partial charge in [-0.1, -0.05) is 0 Å². The highest BCUT2D eigenvalue weighted by Gasteiger charge is 2.31. The zero-order valence-corrected chi connectivity index (χ0v) is 8.06. The van der Waals surface area contributed by atoms with Crippen LogP contribution < -0.4 is 11.3 Å². The standard InChI is InChI=1S/C7H14F3N3O/c1-5(3-6(14)12-11)13(2)4-7(8,9)10/h5H,3-4,11H2,1-2H3,(H,12,14). The van der Waals surface area contributed by atoms with Gasteiger partial charge in [0.2, 0.25) is 5.91 Å². The number of hydrazine groups is 1. The van der Waals surface area contributed by atoms with Crippen molar-refractivity contribution in [2.75, 3.05) is 13.6 Å². The lowest BCUT2D eigenvalue weighted by Crippen LogP contribution is -2.41. The average molecular weight is 213 g/mol. The molecule has 14 heavy (non-hydrogen) atoms. The molecule has 0 heterocycles. The lowest BCUT2D eigenvalue weighted by molar-refractivity contribution is -0.148. The SMILES string of the molecule is CC(CC(=O)NN)N(C)CC(F)(F)F. The van der Waals surface area contributed by atoms with Gasteiger partial charge in [-0.2, -0.15) is 13.2 Å². The van der Waals surface area contributed by atoms with Crippen molar-refractivity contribution in [2.24, 2.45) is 5.84 Å². The quantitative estimate of drug-likeness (QED) is 0.400. The number of nitrogens with zero attached hydrogens (tertiary/aromatic N) is 1. The van der Waals surface area contributed by atoms with Crippen LogP contribution in [0, 0.1) is 0 Å². The Morgan fingerprint density at radius 2 is 2.07 bits per heavy atom. The number of hydrogen-bond donors (Lipinski definition) is 2. The minimum Gasteiger partial charge on any atom is -0.295 e. The summed E-state index contributed by atoms with van der Waals surface area (Å²) in [5.41, 5.74) is 1.87. The van der Waals surface area contributed by atoms with Crippen LogP contribution in [0.2, 0.25) is 0 Å². The summed E-state index contributed by atoms with van der Waals surface area (Å²) in [5, 5.41) is 0. The number of carbonyl (C=O) groups excluding carboxylic acids is 1. The minimum atomic E-state index is -4.25. The molecule has 0 aliphatic rings. The van der Waals surface area contributed by atoms with E-state index in [0.29, 0.717) is 0 Å². The number of halogens is 3. The van der Waals surface area contributed by atoms with Crippen molar-refractivity contribution in [3.05, 3.63) is 0 Å². The lowest BCUT2D eigenvalue weighted by Gasteiger charge is -2.24. The van der Waals surface area contributed by atoms with E-state index in [1.165, 1.54) is 14.0 Å². The van der Waals surface area contributed by atoms with Crippen molar-refractivity contribution >= 4 is 5.91 Å². The monoisotopic (exact) mass is 213 g/mol. The van der Waals surface area contributed by atoms with Crippen molar-refractivity contribution in [3.8, 4) is 0 Å². The number of nitrogens with two attached hydrogens (primary N) is 1. The van der Waals surface area contributed by atoms with Crippen LogP contribution in [-0.4, -0.2) is 36.6 Å². The number of hydrogen-bond acceptors (Lipinski definition) is 3. The zero-order valence-electron chi connectivity index (χ0n) is 8.06. The molecule has 0 aliphatic carbocycles. The van der Waals surface area contributed by atoms with E-state index >= 15 is 0 Å². The van der Waals surface area contributed by atoms with Crippen LogP contribution in [0.5, 0.6) is 0 Å². The van der Waals surface area contributed by atoms with E-state index in [1.807, 2.05) is 5.43 Å². The highest BCUT2D eigenvalue weighted by Crippen LogP contribution is 2.17. The Morgan fingerprint density at radius 3 is 2.43 bits per heavy atom. The van der Waals surface area contributed by atoms with E-state index in [1.54, 1.807) is 0 Å². The van der Waals surface area contributed by atoms with Gasteiger partial charge in [0.25, 0.3) is 0 Å². The first-order valence-electron chi connectivity index (χ1n) is 4.02. The molecule has 84 valence electrons. The van der Waals surface area contributed by atoms with Crippen LogP contribution in [0.1, 0.15) is 13.3 Å². The molecule has 3 N–H and O–H groups in total. The van der Waals surface area contributed by atoms with E-state index in [4.69, 9.17) is 5.84 Å².